The SMILES string of the molecule is CC1CCC(C(N)=O)CN1c1ccc(C(N)=S)cc1Br. The van der Waals surface area contributed by atoms with Gasteiger partial charge < -0.3 is 16.4 Å². The molecule has 1 heterocycles. The van der Waals surface area contributed by atoms with Gasteiger partial charge in [-0.15, -0.1) is 0 Å². The van der Waals surface area contributed by atoms with E-state index >= 15 is 0 Å². The van der Waals surface area contributed by atoms with E-state index in [2.05, 4.69) is 27.8 Å². The Morgan fingerprint density at radius 3 is 2.65 bits per heavy atom. The van der Waals surface area contributed by atoms with Crippen LogP contribution in [0.4, 0.5) is 5.69 Å². The Balaban J connectivity index is 2.29. The Hall–Kier alpha value is -1.14. The highest BCUT2D eigenvalue weighted by Crippen LogP contribution is 2.33. The topological polar surface area (TPSA) is 72.4 Å². The quantitative estimate of drug-likeness (QED) is 0.815. The van der Waals surface area contributed by atoms with Gasteiger partial charge in [0.1, 0.15) is 4.99 Å². The summed E-state index contributed by atoms with van der Waals surface area (Å²) in [5.41, 5.74) is 13.0. The number of nitrogens with zero attached hydrogens (tertiary/aromatic N) is 1. The summed E-state index contributed by atoms with van der Waals surface area (Å²) in [4.78, 5) is 14.0. The molecule has 1 saturated heterocycles. The van der Waals surface area contributed by atoms with Crippen LogP contribution >= 0.6 is 28.1 Å². The summed E-state index contributed by atoms with van der Waals surface area (Å²) in [5.74, 6) is -0.314. The number of piperidine rings is 1. The van der Waals surface area contributed by atoms with Crippen molar-refractivity contribution in [3.05, 3.63) is 28.2 Å². The van der Waals surface area contributed by atoms with Gasteiger partial charge in [0.2, 0.25) is 5.91 Å². The minimum atomic E-state index is -0.224. The van der Waals surface area contributed by atoms with Crippen LogP contribution in [0.25, 0.3) is 0 Å². The highest BCUT2D eigenvalue weighted by molar-refractivity contribution is 9.10. The normalized spacial score (nSPS) is 22.6. The molecule has 1 aliphatic rings. The van der Waals surface area contributed by atoms with Crippen LogP contribution < -0.4 is 16.4 Å². The highest BCUT2D eigenvalue weighted by atomic mass is 79.9. The Morgan fingerprint density at radius 1 is 1.40 bits per heavy atom. The molecule has 6 heteroatoms. The lowest BCUT2D eigenvalue weighted by atomic mass is 9.92. The van der Waals surface area contributed by atoms with E-state index in [1.54, 1.807) is 0 Å². The van der Waals surface area contributed by atoms with E-state index in [1.165, 1.54) is 0 Å². The van der Waals surface area contributed by atoms with Crippen molar-refractivity contribution in [3.8, 4) is 0 Å². The maximum Gasteiger partial charge on any atom is 0.222 e. The molecule has 0 aliphatic carbocycles. The second-order valence-electron chi connectivity index (χ2n) is 5.21. The third-order valence-corrected chi connectivity index (χ3v) is 4.70. The molecule has 0 saturated carbocycles. The van der Waals surface area contributed by atoms with Crippen molar-refractivity contribution in [1.82, 2.24) is 0 Å². The molecule has 2 unspecified atom stereocenters. The number of nitrogens with two attached hydrogens (primary N) is 2. The van der Waals surface area contributed by atoms with Gasteiger partial charge in [-0.25, -0.2) is 0 Å². The molecule has 1 aromatic rings. The van der Waals surface area contributed by atoms with E-state index in [0.29, 0.717) is 17.6 Å². The van der Waals surface area contributed by atoms with E-state index in [-0.39, 0.29) is 11.8 Å². The number of hydrogen-bond acceptors (Lipinski definition) is 3. The van der Waals surface area contributed by atoms with Crippen molar-refractivity contribution in [2.75, 3.05) is 11.4 Å². The number of hydrogen-bond donors (Lipinski definition) is 2. The number of primary amides is 1. The molecule has 4 N–H and O–H groups in total. The lowest BCUT2D eigenvalue weighted by molar-refractivity contribution is -0.122. The van der Waals surface area contributed by atoms with Gasteiger partial charge in [-0.05, 0) is 53.9 Å². The molecule has 0 aromatic heterocycles. The van der Waals surface area contributed by atoms with Gasteiger partial charge in [0.25, 0.3) is 0 Å². The molecular formula is C14H18BrN3OS. The number of halogens is 1. The van der Waals surface area contributed by atoms with Crippen molar-refractivity contribution in [2.45, 2.75) is 25.8 Å². The number of amides is 1. The summed E-state index contributed by atoms with van der Waals surface area (Å²) in [7, 11) is 0. The average Bonchev–Trinajstić information content (AvgIpc) is 2.39. The van der Waals surface area contributed by atoms with Gasteiger partial charge in [-0.2, -0.15) is 0 Å². The fourth-order valence-corrected chi connectivity index (χ4v) is 3.30. The molecule has 0 radical (unpaired) electrons. The van der Waals surface area contributed by atoms with Crippen LogP contribution in [0.1, 0.15) is 25.3 Å². The molecule has 108 valence electrons. The smallest absolute Gasteiger partial charge is 0.222 e. The number of rotatable bonds is 3. The first-order chi connectivity index (χ1) is 9.40. The van der Waals surface area contributed by atoms with Gasteiger partial charge in [0.05, 0.1) is 11.6 Å². The van der Waals surface area contributed by atoms with Crippen LogP contribution in [-0.4, -0.2) is 23.5 Å². The standard InChI is InChI=1S/C14H18BrN3OS/c1-8-2-3-10(13(16)19)7-18(8)12-5-4-9(14(17)20)6-11(12)15/h4-6,8,10H,2-3,7H2,1H3,(H2,16,19)(H2,17,20). The van der Waals surface area contributed by atoms with Gasteiger partial charge in [0.15, 0.2) is 0 Å². The van der Waals surface area contributed by atoms with E-state index in [4.69, 9.17) is 23.7 Å². The van der Waals surface area contributed by atoms with Crippen LogP contribution in [0, 0.1) is 5.92 Å². The summed E-state index contributed by atoms with van der Waals surface area (Å²) in [6.07, 6.45) is 1.81. The molecule has 1 amide bonds. The molecule has 0 spiro atoms. The Kier molecular flexibility index (Phi) is 4.65. The molecule has 1 aliphatic heterocycles. The summed E-state index contributed by atoms with van der Waals surface area (Å²) >= 11 is 8.54. The molecule has 0 bridgehead atoms. The molecule has 20 heavy (non-hydrogen) atoms. The van der Waals surface area contributed by atoms with E-state index < -0.39 is 0 Å². The van der Waals surface area contributed by atoms with Crippen LogP contribution in [0.3, 0.4) is 0 Å². The van der Waals surface area contributed by atoms with Crippen LogP contribution in [0.2, 0.25) is 0 Å². The van der Waals surface area contributed by atoms with Gasteiger partial charge in [-0.3, -0.25) is 4.79 Å². The predicted molar refractivity (Wildman–Crippen MR) is 88.8 cm³/mol. The zero-order chi connectivity index (χ0) is 14.9. The summed E-state index contributed by atoms with van der Waals surface area (Å²) in [6.45, 7) is 2.81. The number of carbonyl (C=O) groups excluding carboxylic acids is 1. The minimum Gasteiger partial charge on any atom is -0.389 e. The molecular weight excluding hydrogens is 338 g/mol. The van der Waals surface area contributed by atoms with E-state index in [9.17, 15) is 4.79 Å². The summed E-state index contributed by atoms with van der Waals surface area (Å²) in [6, 6.07) is 6.18. The third kappa shape index (κ3) is 3.12. The summed E-state index contributed by atoms with van der Waals surface area (Å²) < 4.78 is 0.930. The number of carbonyl (C=O) groups is 1. The monoisotopic (exact) mass is 355 g/mol. The maximum atomic E-state index is 11.4. The fourth-order valence-electron chi connectivity index (χ4n) is 2.57. The first kappa shape index (κ1) is 15.3. The summed E-state index contributed by atoms with van der Waals surface area (Å²) in [5, 5.41) is 0. The Labute approximate surface area is 132 Å². The second kappa shape index (κ2) is 6.10. The number of benzene rings is 1. The van der Waals surface area contributed by atoms with E-state index in [0.717, 1.165) is 28.6 Å². The van der Waals surface area contributed by atoms with Gasteiger partial charge >= 0.3 is 0 Å². The molecule has 2 rings (SSSR count). The minimum absolute atomic E-state index is 0.0895. The highest BCUT2D eigenvalue weighted by Gasteiger charge is 2.29. The average molecular weight is 356 g/mol. The lowest BCUT2D eigenvalue weighted by Gasteiger charge is -2.39. The van der Waals surface area contributed by atoms with Crippen molar-refractivity contribution >= 4 is 44.7 Å². The Morgan fingerprint density at radius 2 is 2.10 bits per heavy atom. The second-order valence-corrected chi connectivity index (χ2v) is 6.50. The van der Waals surface area contributed by atoms with Crippen LogP contribution in [0.5, 0.6) is 0 Å². The lowest BCUT2D eigenvalue weighted by Crippen LogP contribution is -2.46. The van der Waals surface area contributed by atoms with Crippen LogP contribution in [0.15, 0.2) is 22.7 Å². The zero-order valence-electron chi connectivity index (χ0n) is 11.3. The van der Waals surface area contributed by atoms with Crippen molar-refractivity contribution < 1.29 is 4.79 Å². The van der Waals surface area contributed by atoms with Gasteiger partial charge in [0, 0.05) is 22.6 Å². The molecule has 1 fully saturated rings. The Bertz CT molecular complexity index is 549. The molecule has 4 nitrogen and oxygen atoms in total. The molecule has 1 aromatic carbocycles. The van der Waals surface area contributed by atoms with Crippen molar-refractivity contribution in [1.29, 1.82) is 0 Å². The van der Waals surface area contributed by atoms with Crippen molar-refractivity contribution in [2.24, 2.45) is 17.4 Å². The number of thiocarbonyl (C=S) groups is 1. The number of anilines is 1. The third-order valence-electron chi connectivity index (χ3n) is 3.83. The largest absolute Gasteiger partial charge is 0.389 e. The zero-order valence-corrected chi connectivity index (χ0v) is 13.7. The first-order valence-corrected chi connectivity index (χ1v) is 7.75. The predicted octanol–water partition coefficient (Wildman–Crippen LogP) is 2.17. The molecule has 2 atom stereocenters. The fraction of sp³-hybridized carbons (Fsp3) is 0.429. The van der Waals surface area contributed by atoms with E-state index in [1.807, 2.05) is 18.2 Å². The van der Waals surface area contributed by atoms with Gasteiger partial charge in [-0.1, -0.05) is 12.2 Å². The van der Waals surface area contributed by atoms with Crippen LogP contribution in [-0.2, 0) is 4.79 Å². The maximum absolute atomic E-state index is 11.4. The van der Waals surface area contributed by atoms with Crippen molar-refractivity contribution in [3.63, 3.8) is 0 Å². The first-order valence-electron chi connectivity index (χ1n) is 6.55.